The van der Waals surface area contributed by atoms with E-state index in [9.17, 15) is 9.59 Å². The molecule has 6 heteroatoms. The molecule has 2 heterocycles. The molecule has 1 unspecified atom stereocenters. The van der Waals surface area contributed by atoms with E-state index in [1.807, 2.05) is 0 Å². The quantitative estimate of drug-likeness (QED) is 0.805. The maximum atomic E-state index is 11.7. The molecule has 0 spiro atoms. The molecule has 1 aliphatic heterocycles. The molecule has 110 valence electrons. The van der Waals surface area contributed by atoms with Gasteiger partial charge in [-0.1, -0.05) is 0 Å². The first-order valence-corrected chi connectivity index (χ1v) is 7.00. The zero-order valence-corrected chi connectivity index (χ0v) is 11.8. The smallest absolute Gasteiger partial charge is 0.250 e. The average Bonchev–Trinajstić information content (AvgIpc) is 2.47. The number of carbonyl (C=O) groups excluding carboxylic acids is 1. The molecular formula is C14H22N4O2. The lowest BCUT2D eigenvalue weighted by molar-refractivity contribution is -0.126. The van der Waals surface area contributed by atoms with E-state index in [2.05, 4.69) is 10.2 Å². The van der Waals surface area contributed by atoms with Crippen LogP contribution in [-0.4, -0.2) is 42.1 Å². The number of piperidine rings is 1. The van der Waals surface area contributed by atoms with Gasteiger partial charge in [0, 0.05) is 44.6 Å². The molecule has 1 amide bonds. The minimum atomic E-state index is -0.0425. The van der Waals surface area contributed by atoms with Gasteiger partial charge in [0.1, 0.15) is 0 Å². The fraction of sp³-hybridized carbons (Fsp3) is 0.571. The molecule has 20 heavy (non-hydrogen) atoms. The second-order valence-electron chi connectivity index (χ2n) is 5.25. The second-order valence-corrected chi connectivity index (χ2v) is 5.25. The summed E-state index contributed by atoms with van der Waals surface area (Å²) in [4.78, 5) is 25.6. The molecule has 1 atom stereocenters. The van der Waals surface area contributed by atoms with Gasteiger partial charge in [-0.15, -0.1) is 0 Å². The topological polar surface area (TPSA) is 80.4 Å². The molecule has 1 fully saturated rings. The number of nitrogens with one attached hydrogen (secondary N) is 1. The summed E-state index contributed by atoms with van der Waals surface area (Å²) in [7, 11) is 1.67. The van der Waals surface area contributed by atoms with Gasteiger partial charge in [-0.25, -0.2) is 0 Å². The summed E-state index contributed by atoms with van der Waals surface area (Å²) in [6.07, 6.45) is 3.63. The largest absolute Gasteiger partial charge is 0.398 e. The molecule has 1 aliphatic rings. The van der Waals surface area contributed by atoms with Crippen LogP contribution >= 0.6 is 0 Å². The summed E-state index contributed by atoms with van der Waals surface area (Å²) in [5.74, 6) is 0.169. The van der Waals surface area contributed by atoms with Crippen molar-refractivity contribution in [2.75, 3.05) is 32.4 Å². The second kappa shape index (κ2) is 6.56. The number of nitrogens with zero attached hydrogens (tertiary/aromatic N) is 2. The molecule has 3 N–H and O–H groups in total. The number of aromatic nitrogens is 1. The molecule has 1 aromatic rings. The molecule has 0 aromatic carbocycles. The molecule has 1 saturated heterocycles. The van der Waals surface area contributed by atoms with Crippen molar-refractivity contribution in [2.24, 2.45) is 5.92 Å². The Bertz CT molecular complexity index is 526. The highest BCUT2D eigenvalue weighted by Crippen LogP contribution is 2.16. The minimum Gasteiger partial charge on any atom is -0.398 e. The fourth-order valence-electron chi connectivity index (χ4n) is 2.65. The Morgan fingerprint density at radius 3 is 3.00 bits per heavy atom. The summed E-state index contributed by atoms with van der Waals surface area (Å²) in [5, 5.41) is 2.71. The van der Waals surface area contributed by atoms with Gasteiger partial charge in [-0.05, 0) is 25.5 Å². The zero-order valence-electron chi connectivity index (χ0n) is 11.8. The van der Waals surface area contributed by atoms with Crippen molar-refractivity contribution in [1.82, 2.24) is 14.8 Å². The number of likely N-dealkylation sites (tertiary alicyclic amines) is 1. The SMILES string of the molecule is CNC(=O)C1CCCN(CCn2cc(N)ccc2=O)C1. The molecule has 0 radical (unpaired) electrons. The maximum absolute atomic E-state index is 11.7. The van der Waals surface area contributed by atoms with Crippen LogP contribution in [0.4, 0.5) is 5.69 Å². The normalized spacial score (nSPS) is 19.8. The van der Waals surface area contributed by atoms with Crippen molar-refractivity contribution < 1.29 is 4.79 Å². The van der Waals surface area contributed by atoms with E-state index in [0.29, 0.717) is 12.2 Å². The predicted molar refractivity (Wildman–Crippen MR) is 78.3 cm³/mol. The van der Waals surface area contributed by atoms with Gasteiger partial charge in [-0.2, -0.15) is 0 Å². The lowest BCUT2D eigenvalue weighted by Gasteiger charge is -2.31. The molecule has 1 aromatic heterocycles. The third-order valence-corrected chi connectivity index (χ3v) is 3.79. The van der Waals surface area contributed by atoms with Gasteiger partial charge in [0.15, 0.2) is 0 Å². The third kappa shape index (κ3) is 3.60. The number of hydrogen-bond acceptors (Lipinski definition) is 4. The first-order valence-electron chi connectivity index (χ1n) is 7.00. The Kier molecular flexibility index (Phi) is 4.79. The standard InChI is InChI=1S/C14H22N4O2/c1-16-14(20)11-3-2-6-17(9-11)7-8-18-10-12(15)4-5-13(18)19/h4-5,10-11H,2-3,6-9,15H2,1H3,(H,16,20). The number of pyridine rings is 1. The fourth-order valence-corrected chi connectivity index (χ4v) is 2.65. The highest BCUT2D eigenvalue weighted by Gasteiger charge is 2.24. The summed E-state index contributed by atoms with van der Waals surface area (Å²) in [6, 6.07) is 3.10. The number of nitrogen functional groups attached to an aromatic ring is 1. The van der Waals surface area contributed by atoms with Gasteiger partial charge < -0.3 is 20.5 Å². The number of carbonyl (C=O) groups is 1. The van der Waals surface area contributed by atoms with E-state index >= 15 is 0 Å². The van der Waals surface area contributed by atoms with Crippen molar-refractivity contribution in [3.8, 4) is 0 Å². The summed E-state index contributed by atoms with van der Waals surface area (Å²) < 4.78 is 1.62. The van der Waals surface area contributed by atoms with Crippen LogP contribution in [0, 0.1) is 5.92 Å². The Morgan fingerprint density at radius 1 is 1.45 bits per heavy atom. The number of anilines is 1. The van der Waals surface area contributed by atoms with Crippen molar-refractivity contribution >= 4 is 11.6 Å². The lowest BCUT2D eigenvalue weighted by Crippen LogP contribution is -2.43. The third-order valence-electron chi connectivity index (χ3n) is 3.79. The number of hydrogen-bond donors (Lipinski definition) is 2. The van der Waals surface area contributed by atoms with E-state index in [1.165, 1.54) is 6.07 Å². The molecule has 0 bridgehead atoms. The molecule has 0 aliphatic carbocycles. The van der Waals surface area contributed by atoms with E-state index in [-0.39, 0.29) is 17.4 Å². The Labute approximate surface area is 118 Å². The van der Waals surface area contributed by atoms with Crippen LogP contribution in [0.1, 0.15) is 12.8 Å². The van der Waals surface area contributed by atoms with Crippen LogP contribution in [0.2, 0.25) is 0 Å². The van der Waals surface area contributed by atoms with Crippen molar-refractivity contribution in [3.05, 3.63) is 28.7 Å². The van der Waals surface area contributed by atoms with Crippen LogP contribution in [-0.2, 0) is 11.3 Å². The van der Waals surface area contributed by atoms with Crippen LogP contribution < -0.4 is 16.6 Å². The van der Waals surface area contributed by atoms with E-state index in [4.69, 9.17) is 5.73 Å². The van der Waals surface area contributed by atoms with Crippen LogP contribution in [0.25, 0.3) is 0 Å². The van der Waals surface area contributed by atoms with E-state index < -0.39 is 0 Å². The van der Waals surface area contributed by atoms with E-state index in [0.717, 1.165) is 32.5 Å². The lowest BCUT2D eigenvalue weighted by atomic mass is 9.97. The Morgan fingerprint density at radius 2 is 2.25 bits per heavy atom. The highest BCUT2D eigenvalue weighted by molar-refractivity contribution is 5.78. The number of nitrogens with two attached hydrogens (primary N) is 1. The first kappa shape index (κ1) is 14.6. The molecule has 6 nitrogen and oxygen atoms in total. The highest BCUT2D eigenvalue weighted by atomic mass is 16.1. The van der Waals surface area contributed by atoms with Crippen LogP contribution in [0.5, 0.6) is 0 Å². The summed E-state index contributed by atoms with van der Waals surface area (Å²) in [5.41, 5.74) is 6.24. The minimum absolute atomic E-state index is 0.0425. The molecule has 0 saturated carbocycles. The molecular weight excluding hydrogens is 256 g/mol. The first-order chi connectivity index (χ1) is 9.60. The average molecular weight is 278 g/mol. The van der Waals surface area contributed by atoms with Gasteiger partial charge in [-0.3, -0.25) is 9.59 Å². The molecule has 2 rings (SSSR count). The van der Waals surface area contributed by atoms with Gasteiger partial charge >= 0.3 is 0 Å². The number of amides is 1. The van der Waals surface area contributed by atoms with Crippen LogP contribution in [0.15, 0.2) is 23.1 Å². The van der Waals surface area contributed by atoms with Crippen molar-refractivity contribution in [3.63, 3.8) is 0 Å². The van der Waals surface area contributed by atoms with Gasteiger partial charge in [0.25, 0.3) is 5.56 Å². The maximum Gasteiger partial charge on any atom is 0.250 e. The van der Waals surface area contributed by atoms with Gasteiger partial charge in [0.05, 0.1) is 5.92 Å². The van der Waals surface area contributed by atoms with E-state index in [1.54, 1.807) is 23.9 Å². The summed E-state index contributed by atoms with van der Waals surface area (Å²) in [6.45, 7) is 3.10. The monoisotopic (exact) mass is 278 g/mol. The number of rotatable bonds is 4. The Hall–Kier alpha value is -1.82. The Balaban J connectivity index is 1.92. The predicted octanol–water partition coefficient (Wildman–Crippen LogP) is -0.111. The zero-order chi connectivity index (χ0) is 14.5. The van der Waals surface area contributed by atoms with Gasteiger partial charge in [0.2, 0.25) is 5.91 Å². The van der Waals surface area contributed by atoms with Crippen LogP contribution in [0.3, 0.4) is 0 Å². The van der Waals surface area contributed by atoms with Crippen molar-refractivity contribution in [1.29, 1.82) is 0 Å². The van der Waals surface area contributed by atoms with Crippen molar-refractivity contribution in [2.45, 2.75) is 19.4 Å². The summed E-state index contributed by atoms with van der Waals surface area (Å²) >= 11 is 0.